The number of amides is 2. The number of rotatable bonds is 5. The second-order valence-electron chi connectivity index (χ2n) is 9.50. The quantitative estimate of drug-likeness (QED) is 0.519. The van der Waals surface area contributed by atoms with Crippen molar-refractivity contribution in [3.8, 4) is 0 Å². The number of hydrogen-bond acceptors (Lipinski definition) is 3. The van der Waals surface area contributed by atoms with Crippen molar-refractivity contribution in [3.05, 3.63) is 68.7 Å². The maximum absolute atomic E-state index is 12.9. The number of fused-ring (bicyclic) bond motifs is 1. The molecule has 33 heavy (non-hydrogen) atoms. The predicted molar refractivity (Wildman–Crippen MR) is 133 cm³/mol. The molecule has 7 heteroatoms. The van der Waals surface area contributed by atoms with Gasteiger partial charge in [0.05, 0.1) is 16.1 Å². The normalized spacial score (nSPS) is 17.8. The number of halogens is 2. The molecule has 2 amide bonds. The van der Waals surface area contributed by atoms with Crippen molar-refractivity contribution in [3.63, 3.8) is 0 Å². The molecule has 0 saturated carbocycles. The summed E-state index contributed by atoms with van der Waals surface area (Å²) in [5.74, 6) is 0.111. The van der Waals surface area contributed by atoms with Crippen LogP contribution in [0, 0.1) is 0 Å². The zero-order valence-corrected chi connectivity index (χ0v) is 21.4. The highest BCUT2D eigenvalue weighted by molar-refractivity contribution is 6.42. The summed E-state index contributed by atoms with van der Waals surface area (Å²) in [6, 6.07) is 11.8. The van der Waals surface area contributed by atoms with Crippen LogP contribution in [0.2, 0.25) is 10.0 Å². The third-order valence-electron chi connectivity index (χ3n) is 6.06. The molecule has 178 valence electrons. The van der Waals surface area contributed by atoms with Gasteiger partial charge in [0.25, 0.3) is 0 Å². The number of hydrogen-bond donors (Lipinski definition) is 1. The molecule has 0 bridgehead atoms. The van der Waals surface area contributed by atoms with E-state index in [-0.39, 0.29) is 24.0 Å². The topological polar surface area (TPSA) is 58.6 Å². The van der Waals surface area contributed by atoms with Gasteiger partial charge in [-0.05, 0) is 74.4 Å². The maximum atomic E-state index is 12.9. The first-order valence-corrected chi connectivity index (χ1v) is 12.0. The molecule has 2 aromatic carbocycles. The minimum Gasteiger partial charge on any atom is -0.444 e. The van der Waals surface area contributed by atoms with Gasteiger partial charge in [0.2, 0.25) is 5.91 Å². The van der Waals surface area contributed by atoms with Crippen LogP contribution >= 0.6 is 23.2 Å². The molecule has 0 unspecified atom stereocenters. The Hall–Kier alpha value is -2.24. The number of aryl methyl sites for hydroxylation is 1. The van der Waals surface area contributed by atoms with Crippen LogP contribution in [-0.4, -0.2) is 36.6 Å². The van der Waals surface area contributed by atoms with Crippen LogP contribution < -0.4 is 5.32 Å². The Morgan fingerprint density at radius 2 is 1.85 bits per heavy atom. The van der Waals surface area contributed by atoms with Crippen LogP contribution in [0.5, 0.6) is 0 Å². The Balaban J connectivity index is 2.05. The minimum absolute atomic E-state index is 0.0125. The molecule has 1 aliphatic carbocycles. The van der Waals surface area contributed by atoms with Crippen LogP contribution in [0.4, 0.5) is 4.79 Å². The maximum Gasteiger partial charge on any atom is 0.410 e. The summed E-state index contributed by atoms with van der Waals surface area (Å²) < 4.78 is 5.65. The highest BCUT2D eigenvalue weighted by Crippen LogP contribution is 2.46. The molecule has 0 heterocycles. The van der Waals surface area contributed by atoms with Gasteiger partial charge in [0.15, 0.2) is 0 Å². The average Bonchev–Trinajstić information content (AvgIpc) is 2.76. The van der Waals surface area contributed by atoms with Crippen molar-refractivity contribution in [1.82, 2.24) is 10.2 Å². The number of nitrogens with one attached hydrogen (secondary N) is 1. The van der Waals surface area contributed by atoms with Crippen molar-refractivity contribution < 1.29 is 14.3 Å². The fourth-order valence-corrected chi connectivity index (χ4v) is 4.79. The van der Waals surface area contributed by atoms with E-state index in [0.717, 1.165) is 35.1 Å². The largest absolute Gasteiger partial charge is 0.444 e. The zero-order valence-electron chi connectivity index (χ0n) is 19.9. The lowest BCUT2D eigenvalue weighted by atomic mass is 9.74. The summed E-state index contributed by atoms with van der Waals surface area (Å²) in [5.41, 5.74) is 3.82. The molecule has 1 N–H and O–H groups in total. The highest BCUT2D eigenvalue weighted by atomic mass is 35.5. The smallest absolute Gasteiger partial charge is 0.410 e. The number of benzene rings is 2. The molecule has 2 atom stereocenters. The third kappa shape index (κ3) is 6.01. The van der Waals surface area contributed by atoms with E-state index < -0.39 is 5.60 Å². The van der Waals surface area contributed by atoms with Crippen molar-refractivity contribution in [2.24, 2.45) is 0 Å². The van der Waals surface area contributed by atoms with Crippen molar-refractivity contribution in [2.45, 2.75) is 64.0 Å². The Kier molecular flexibility index (Phi) is 7.96. The summed E-state index contributed by atoms with van der Waals surface area (Å²) in [5, 5.41) is 3.74. The van der Waals surface area contributed by atoms with Crippen molar-refractivity contribution in [1.29, 1.82) is 0 Å². The van der Waals surface area contributed by atoms with E-state index >= 15 is 0 Å². The van der Waals surface area contributed by atoms with E-state index in [0.29, 0.717) is 22.9 Å². The molecular formula is C26H32Cl2N2O3. The lowest BCUT2D eigenvalue weighted by molar-refractivity contribution is -0.120. The Bertz CT molecular complexity index is 1030. The summed E-state index contributed by atoms with van der Waals surface area (Å²) in [6.45, 7) is 5.59. The average molecular weight is 491 g/mol. The number of carbonyl (C=O) groups excluding carboxylic acids is 2. The van der Waals surface area contributed by atoms with E-state index in [9.17, 15) is 9.59 Å². The minimum atomic E-state index is -0.579. The second-order valence-corrected chi connectivity index (χ2v) is 10.3. The second kappa shape index (κ2) is 10.4. The lowest BCUT2D eigenvalue weighted by Crippen LogP contribution is -2.38. The van der Waals surface area contributed by atoms with Crippen LogP contribution in [0.3, 0.4) is 0 Å². The van der Waals surface area contributed by atoms with E-state index in [1.165, 1.54) is 0 Å². The molecule has 0 aliphatic heterocycles. The monoisotopic (exact) mass is 490 g/mol. The predicted octanol–water partition coefficient (Wildman–Crippen LogP) is 6.51. The van der Waals surface area contributed by atoms with Gasteiger partial charge in [-0.15, -0.1) is 0 Å². The van der Waals surface area contributed by atoms with Gasteiger partial charge in [0.1, 0.15) is 5.60 Å². The molecule has 0 aromatic heterocycles. The van der Waals surface area contributed by atoms with Gasteiger partial charge >= 0.3 is 6.09 Å². The fraction of sp³-hybridized carbons (Fsp3) is 0.462. The highest BCUT2D eigenvalue weighted by Gasteiger charge is 2.35. The summed E-state index contributed by atoms with van der Waals surface area (Å²) >= 11 is 12.5. The number of ether oxygens (including phenoxy) is 1. The Morgan fingerprint density at radius 1 is 1.12 bits per heavy atom. The van der Waals surface area contributed by atoms with Crippen molar-refractivity contribution in [2.75, 3.05) is 14.1 Å². The van der Waals surface area contributed by atoms with E-state index in [2.05, 4.69) is 17.4 Å². The molecule has 0 radical (unpaired) electrons. The molecular weight excluding hydrogens is 459 g/mol. The van der Waals surface area contributed by atoms with Gasteiger partial charge < -0.3 is 15.0 Å². The summed E-state index contributed by atoms with van der Waals surface area (Å²) in [4.78, 5) is 26.6. The van der Waals surface area contributed by atoms with Crippen LogP contribution in [0.15, 0.2) is 36.4 Å². The molecule has 0 spiro atoms. The summed E-state index contributed by atoms with van der Waals surface area (Å²) in [7, 11) is 3.43. The molecule has 5 nitrogen and oxygen atoms in total. The van der Waals surface area contributed by atoms with Gasteiger partial charge in [-0.1, -0.05) is 47.5 Å². The van der Waals surface area contributed by atoms with Crippen LogP contribution in [0.25, 0.3) is 0 Å². The molecule has 0 fully saturated rings. The van der Waals surface area contributed by atoms with Crippen molar-refractivity contribution >= 4 is 35.2 Å². The zero-order chi connectivity index (χ0) is 24.3. The van der Waals surface area contributed by atoms with E-state index in [4.69, 9.17) is 27.9 Å². The SMILES string of the molecule is CNC(=O)CCc1cccc2c1[C@@H](N(C)C(=O)OC(C)(C)C)CC[C@H]2c1ccc(Cl)c(Cl)c1. The summed E-state index contributed by atoms with van der Waals surface area (Å²) in [6.07, 6.45) is 2.24. The molecule has 2 aromatic rings. The first-order valence-electron chi connectivity index (χ1n) is 11.2. The molecule has 3 rings (SSSR count). The third-order valence-corrected chi connectivity index (χ3v) is 6.80. The Labute approximate surface area is 206 Å². The van der Waals surface area contributed by atoms with E-state index in [1.807, 2.05) is 45.0 Å². The van der Waals surface area contributed by atoms with Crippen LogP contribution in [-0.2, 0) is 16.0 Å². The first kappa shape index (κ1) is 25.4. The van der Waals surface area contributed by atoms with Gasteiger partial charge in [-0.2, -0.15) is 0 Å². The van der Waals surface area contributed by atoms with Crippen LogP contribution in [0.1, 0.15) is 74.2 Å². The first-order chi connectivity index (χ1) is 15.5. The molecule has 1 aliphatic rings. The van der Waals surface area contributed by atoms with E-state index in [1.54, 1.807) is 19.0 Å². The number of carbonyl (C=O) groups is 2. The standard InChI is InChI=1S/C26H32Cl2N2O3/c1-26(2,3)33-25(32)30(5)22-13-11-18(17-9-12-20(27)21(28)15-17)19-8-6-7-16(24(19)22)10-14-23(31)29-4/h6-9,12,15,18,22H,10-11,13-14H2,1-5H3,(H,29,31)/t18-,22-/m0/s1. The molecule has 0 saturated heterocycles. The number of nitrogens with zero attached hydrogens (tertiary/aromatic N) is 1. The van der Waals surface area contributed by atoms with Gasteiger partial charge in [0, 0.05) is 26.4 Å². The van der Waals surface area contributed by atoms with Gasteiger partial charge in [-0.3, -0.25) is 4.79 Å². The Morgan fingerprint density at radius 3 is 2.48 bits per heavy atom. The lowest BCUT2D eigenvalue weighted by Gasteiger charge is -2.39. The fourth-order valence-electron chi connectivity index (χ4n) is 4.48. The van der Waals surface area contributed by atoms with Gasteiger partial charge in [-0.25, -0.2) is 4.79 Å².